The fraction of sp³-hybridized carbons (Fsp3) is 0.278. The number of phenols is 1. The molecule has 0 saturated carbocycles. The van der Waals surface area contributed by atoms with E-state index < -0.39 is 0 Å². The normalized spacial score (nSPS) is 21.8. The number of ether oxygens (including phenoxy) is 1. The van der Waals surface area contributed by atoms with Crippen LogP contribution in [0.15, 0.2) is 48.6 Å². The number of carbonyl (C=O) groups excluding carboxylic acids is 1. The van der Waals surface area contributed by atoms with E-state index in [-0.39, 0.29) is 18.0 Å². The standard InChI is InChI=1S/C18H18O3/c1-11-12(2)18(20)21-17(11)10-8-13-7-9-16(19)15-6-4-3-5-14(13)15/h3-7,9,11,17,19H,2,8,10H2,1H3. The highest BCUT2D eigenvalue weighted by molar-refractivity contribution is 5.91. The maximum atomic E-state index is 11.5. The van der Waals surface area contributed by atoms with Gasteiger partial charge in [0.25, 0.3) is 0 Å². The van der Waals surface area contributed by atoms with Crippen molar-refractivity contribution in [2.45, 2.75) is 25.9 Å². The zero-order valence-corrected chi connectivity index (χ0v) is 12.0. The van der Waals surface area contributed by atoms with Crippen LogP contribution in [-0.4, -0.2) is 17.2 Å². The lowest BCUT2D eigenvalue weighted by molar-refractivity contribution is -0.139. The van der Waals surface area contributed by atoms with Crippen LogP contribution in [-0.2, 0) is 16.0 Å². The van der Waals surface area contributed by atoms with Crippen LogP contribution in [0.1, 0.15) is 18.9 Å². The topological polar surface area (TPSA) is 46.5 Å². The first-order chi connectivity index (χ1) is 10.1. The predicted molar refractivity (Wildman–Crippen MR) is 82.1 cm³/mol. The van der Waals surface area contributed by atoms with E-state index in [9.17, 15) is 9.90 Å². The Kier molecular flexibility index (Phi) is 3.42. The van der Waals surface area contributed by atoms with Gasteiger partial charge in [-0.1, -0.05) is 43.8 Å². The van der Waals surface area contributed by atoms with Crippen molar-refractivity contribution in [2.24, 2.45) is 5.92 Å². The van der Waals surface area contributed by atoms with Gasteiger partial charge in [0.2, 0.25) is 0 Å². The fourth-order valence-electron chi connectivity index (χ4n) is 2.90. The highest BCUT2D eigenvalue weighted by atomic mass is 16.6. The molecule has 1 heterocycles. The first kappa shape index (κ1) is 13.7. The lowest BCUT2D eigenvalue weighted by Gasteiger charge is -2.14. The highest BCUT2D eigenvalue weighted by Crippen LogP contribution is 2.32. The molecule has 0 amide bonds. The van der Waals surface area contributed by atoms with Crippen LogP contribution in [0.4, 0.5) is 0 Å². The third kappa shape index (κ3) is 2.40. The summed E-state index contributed by atoms with van der Waals surface area (Å²) in [5.74, 6) is 0.0901. The Morgan fingerprint density at radius 2 is 1.90 bits per heavy atom. The molecule has 0 aromatic heterocycles. The zero-order chi connectivity index (χ0) is 15.0. The Balaban J connectivity index is 1.82. The molecule has 2 atom stereocenters. The van der Waals surface area contributed by atoms with Gasteiger partial charge in [-0.05, 0) is 29.9 Å². The first-order valence-electron chi connectivity index (χ1n) is 7.17. The Bertz CT molecular complexity index is 717. The summed E-state index contributed by atoms with van der Waals surface area (Å²) in [6, 6.07) is 11.5. The molecular weight excluding hydrogens is 264 g/mol. The van der Waals surface area contributed by atoms with Gasteiger partial charge in [-0.25, -0.2) is 4.79 Å². The van der Waals surface area contributed by atoms with Gasteiger partial charge in [0.15, 0.2) is 0 Å². The van der Waals surface area contributed by atoms with Crippen molar-refractivity contribution >= 4 is 16.7 Å². The summed E-state index contributed by atoms with van der Waals surface area (Å²) >= 11 is 0. The van der Waals surface area contributed by atoms with Crippen LogP contribution in [0, 0.1) is 5.92 Å². The second kappa shape index (κ2) is 5.24. The molecule has 3 heteroatoms. The summed E-state index contributed by atoms with van der Waals surface area (Å²) in [4.78, 5) is 11.5. The molecule has 2 aromatic carbocycles. The third-order valence-corrected chi connectivity index (χ3v) is 4.32. The number of esters is 1. The molecule has 1 aliphatic heterocycles. The molecule has 2 unspecified atom stereocenters. The van der Waals surface area contributed by atoms with Gasteiger partial charge in [0.05, 0.1) is 0 Å². The van der Waals surface area contributed by atoms with Crippen molar-refractivity contribution in [1.29, 1.82) is 0 Å². The molecule has 0 radical (unpaired) electrons. The number of phenolic OH excluding ortho intramolecular Hbond substituents is 1. The molecule has 3 rings (SSSR count). The van der Waals surface area contributed by atoms with Crippen molar-refractivity contribution in [3.8, 4) is 5.75 Å². The largest absolute Gasteiger partial charge is 0.507 e. The minimum atomic E-state index is -0.275. The number of hydrogen-bond acceptors (Lipinski definition) is 3. The van der Waals surface area contributed by atoms with Crippen molar-refractivity contribution in [2.75, 3.05) is 0 Å². The average molecular weight is 282 g/mol. The number of aromatic hydroxyl groups is 1. The summed E-state index contributed by atoms with van der Waals surface area (Å²) in [6.45, 7) is 5.75. The van der Waals surface area contributed by atoms with Crippen LogP contribution in [0.2, 0.25) is 0 Å². The maximum absolute atomic E-state index is 11.5. The minimum Gasteiger partial charge on any atom is -0.507 e. The second-order valence-corrected chi connectivity index (χ2v) is 5.59. The smallest absolute Gasteiger partial charge is 0.334 e. The van der Waals surface area contributed by atoms with E-state index in [0.717, 1.165) is 29.2 Å². The molecule has 1 N–H and O–H groups in total. The lowest BCUT2D eigenvalue weighted by atomic mass is 9.93. The molecule has 108 valence electrons. The molecule has 0 bridgehead atoms. The third-order valence-electron chi connectivity index (χ3n) is 4.32. The molecular formula is C18H18O3. The van der Waals surface area contributed by atoms with E-state index in [1.165, 1.54) is 0 Å². The van der Waals surface area contributed by atoms with E-state index in [4.69, 9.17) is 4.74 Å². The molecule has 2 aromatic rings. The highest BCUT2D eigenvalue weighted by Gasteiger charge is 2.34. The molecule has 3 nitrogen and oxygen atoms in total. The minimum absolute atomic E-state index is 0.0703. The molecule has 0 aliphatic carbocycles. The number of rotatable bonds is 3. The zero-order valence-electron chi connectivity index (χ0n) is 12.0. The molecule has 1 fully saturated rings. The quantitative estimate of drug-likeness (QED) is 0.691. The van der Waals surface area contributed by atoms with E-state index in [0.29, 0.717) is 11.3 Å². The van der Waals surface area contributed by atoms with E-state index in [1.807, 2.05) is 37.3 Å². The van der Waals surface area contributed by atoms with Gasteiger partial charge in [-0.3, -0.25) is 0 Å². The number of aryl methyl sites for hydroxylation is 1. The van der Waals surface area contributed by atoms with Crippen LogP contribution >= 0.6 is 0 Å². The lowest BCUT2D eigenvalue weighted by Crippen LogP contribution is -2.14. The Hall–Kier alpha value is -2.29. The van der Waals surface area contributed by atoms with Crippen LogP contribution in [0.3, 0.4) is 0 Å². The summed E-state index contributed by atoms with van der Waals surface area (Å²) in [7, 11) is 0. The average Bonchev–Trinajstić information content (AvgIpc) is 2.74. The molecule has 0 spiro atoms. The molecule has 1 saturated heterocycles. The van der Waals surface area contributed by atoms with Crippen molar-refractivity contribution in [3.63, 3.8) is 0 Å². The van der Waals surface area contributed by atoms with Gasteiger partial charge in [0.1, 0.15) is 11.9 Å². The van der Waals surface area contributed by atoms with E-state index in [2.05, 4.69) is 6.58 Å². The summed E-state index contributed by atoms with van der Waals surface area (Å²) < 4.78 is 5.36. The summed E-state index contributed by atoms with van der Waals surface area (Å²) in [5, 5.41) is 11.8. The Morgan fingerprint density at radius 1 is 1.19 bits per heavy atom. The van der Waals surface area contributed by atoms with E-state index >= 15 is 0 Å². The van der Waals surface area contributed by atoms with Crippen LogP contribution < -0.4 is 0 Å². The van der Waals surface area contributed by atoms with Gasteiger partial charge >= 0.3 is 5.97 Å². The van der Waals surface area contributed by atoms with Gasteiger partial charge in [-0.15, -0.1) is 0 Å². The number of fused-ring (bicyclic) bond motifs is 1. The molecule has 21 heavy (non-hydrogen) atoms. The Labute approximate surface area is 123 Å². The maximum Gasteiger partial charge on any atom is 0.334 e. The summed E-state index contributed by atoms with van der Waals surface area (Å²) in [5.41, 5.74) is 1.72. The number of cyclic esters (lactones) is 1. The van der Waals surface area contributed by atoms with Crippen LogP contribution in [0.25, 0.3) is 10.8 Å². The monoisotopic (exact) mass is 282 g/mol. The summed E-state index contributed by atoms with van der Waals surface area (Å²) in [6.07, 6.45) is 1.47. The van der Waals surface area contributed by atoms with Crippen molar-refractivity contribution in [1.82, 2.24) is 0 Å². The number of hydrogen-bond donors (Lipinski definition) is 1. The van der Waals surface area contributed by atoms with Gasteiger partial charge in [-0.2, -0.15) is 0 Å². The molecule has 1 aliphatic rings. The van der Waals surface area contributed by atoms with Crippen molar-refractivity contribution < 1.29 is 14.6 Å². The SMILES string of the molecule is C=C1C(=O)OC(CCc2ccc(O)c3ccccc23)C1C. The van der Waals surface area contributed by atoms with Crippen LogP contribution in [0.5, 0.6) is 5.75 Å². The van der Waals surface area contributed by atoms with E-state index in [1.54, 1.807) is 6.07 Å². The van der Waals surface area contributed by atoms with Crippen molar-refractivity contribution in [3.05, 3.63) is 54.1 Å². The fourth-order valence-corrected chi connectivity index (χ4v) is 2.90. The Morgan fingerprint density at radius 3 is 2.57 bits per heavy atom. The first-order valence-corrected chi connectivity index (χ1v) is 7.17. The number of carbonyl (C=O) groups is 1. The number of benzene rings is 2. The van der Waals surface area contributed by atoms with Gasteiger partial charge in [0, 0.05) is 16.9 Å². The second-order valence-electron chi connectivity index (χ2n) is 5.59. The van der Waals surface area contributed by atoms with Gasteiger partial charge < -0.3 is 9.84 Å². The predicted octanol–water partition coefficient (Wildman–Crippen LogP) is 3.60.